The summed E-state index contributed by atoms with van der Waals surface area (Å²) in [6, 6.07) is 14.9. The molecule has 0 bridgehead atoms. The van der Waals surface area contributed by atoms with Crippen LogP contribution >= 0.6 is 11.6 Å². The molecule has 9 nitrogen and oxygen atoms in total. The molecule has 2 saturated heterocycles. The van der Waals surface area contributed by atoms with Gasteiger partial charge in [-0.25, -0.2) is 19.9 Å². The number of para-hydroxylation sites is 1. The number of nitrogens with one attached hydrogen (secondary N) is 1. The van der Waals surface area contributed by atoms with E-state index in [1.807, 2.05) is 47.4 Å². The monoisotopic (exact) mass is 511 g/mol. The molecule has 0 aliphatic carbocycles. The lowest BCUT2D eigenvalue weighted by molar-refractivity contribution is -0.143. The fraction of sp³-hybridized carbons (Fsp3) is 0.222. The minimum atomic E-state index is -0.141. The van der Waals surface area contributed by atoms with Crippen molar-refractivity contribution in [1.82, 2.24) is 24.8 Å². The molecule has 0 radical (unpaired) electrons. The maximum absolute atomic E-state index is 12.3. The number of hydrogen-bond acceptors (Lipinski definition) is 8. The molecule has 2 aliphatic heterocycles. The standard InChI is InChI=1S/C27H22ClN7O2/c1-2-6-23(36)35-12-11-27(35)15-34(16-27)22-10-9-21-24(33-22)25(31-17-30-21)32-18-13-20(28)26(29-14-18)37-19-7-4-3-5-8-19/h3-5,7-10,13-14,17H,11-12,15-16H2,1H3,(H,30,31,32). The van der Waals surface area contributed by atoms with Gasteiger partial charge in [-0.2, -0.15) is 0 Å². The quantitative estimate of drug-likeness (QED) is 0.393. The van der Waals surface area contributed by atoms with Gasteiger partial charge in [0, 0.05) is 19.6 Å². The fourth-order valence-electron chi connectivity index (χ4n) is 4.69. The molecule has 3 aromatic heterocycles. The van der Waals surface area contributed by atoms with Gasteiger partial charge in [-0.05, 0) is 49.6 Å². The molecule has 0 unspecified atom stereocenters. The third kappa shape index (κ3) is 4.26. The van der Waals surface area contributed by atoms with E-state index in [0.717, 1.165) is 31.9 Å². The number of anilines is 3. The van der Waals surface area contributed by atoms with E-state index >= 15 is 0 Å². The summed E-state index contributed by atoms with van der Waals surface area (Å²) < 4.78 is 5.77. The van der Waals surface area contributed by atoms with E-state index < -0.39 is 0 Å². The van der Waals surface area contributed by atoms with Gasteiger partial charge in [0.25, 0.3) is 5.91 Å². The smallest absolute Gasteiger partial charge is 0.299 e. The molecule has 184 valence electrons. The van der Waals surface area contributed by atoms with Gasteiger partial charge in [0.2, 0.25) is 5.88 Å². The van der Waals surface area contributed by atoms with Crippen molar-refractivity contribution >= 4 is 45.9 Å². The normalized spacial score (nSPS) is 15.4. The number of benzene rings is 1. The highest BCUT2D eigenvalue weighted by atomic mass is 35.5. The number of likely N-dealkylation sites (tertiary alicyclic amines) is 1. The van der Waals surface area contributed by atoms with Gasteiger partial charge < -0.3 is 19.9 Å². The molecule has 2 fully saturated rings. The molecule has 1 spiro atoms. The second kappa shape index (κ2) is 9.22. The zero-order valence-electron chi connectivity index (χ0n) is 20.0. The summed E-state index contributed by atoms with van der Waals surface area (Å²) in [5.74, 6) is 7.56. The van der Waals surface area contributed by atoms with Crippen LogP contribution in [-0.4, -0.2) is 55.9 Å². The van der Waals surface area contributed by atoms with Crippen LogP contribution in [0.25, 0.3) is 11.0 Å². The van der Waals surface area contributed by atoms with Crippen LogP contribution < -0.4 is 15.0 Å². The molecule has 1 amide bonds. The van der Waals surface area contributed by atoms with E-state index in [1.54, 1.807) is 19.2 Å². The summed E-state index contributed by atoms with van der Waals surface area (Å²) in [7, 11) is 0. The highest BCUT2D eigenvalue weighted by Gasteiger charge is 2.55. The number of carbonyl (C=O) groups excluding carboxylic acids is 1. The average Bonchev–Trinajstić information content (AvgIpc) is 2.85. The molecule has 5 heterocycles. The van der Waals surface area contributed by atoms with Crippen molar-refractivity contribution in [3.05, 3.63) is 66.1 Å². The van der Waals surface area contributed by atoms with Crippen molar-refractivity contribution in [2.45, 2.75) is 18.9 Å². The predicted octanol–water partition coefficient (Wildman–Crippen LogP) is 4.42. The van der Waals surface area contributed by atoms with E-state index in [9.17, 15) is 4.79 Å². The largest absolute Gasteiger partial charge is 0.438 e. The number of halogens is 1. The first-order chi connectivity index (χ1) is 18.0. The molecule has 1 aromatic carbocycles. The molecular formula is C27H22ClN7O2. The van der Waals surface area contributed by atoms with Gasteiger partial charge in [-0.1, -0.05) is 35.7 Å². The van der Waals surface area contributed by atoms with Gasteiger partial charge >= 0.3 is 0 Å². The van der Waals surface area contributed by atoms with Crippen molar-refractivity contribution in [3.8, 4) is 23.5 Å². The number of nitrogens with zero attached hydrogens (tertiary/aromatic N) is 6. The van der Waals surface area contributed by atoms with E-state index in [1.165, 1.54) is 6.33 Å². The van der Waals surface area contributed by atoms with Gasteiger partial charge in [-0.3, -0.25) is 4.79 Å². The number of hydrogen-bond donors (Lipinski definition) is 1. The Labute approximate surface area is 218 Å². The molecule has 0 saturated carbocycles. The Balaban J connectivity index is 1.20. The molecule has 1 N–H and O–H groups in total. The van der Waals surface area contributed by atoms with E-state index in [4.69, 9.17) is 21.3 Å². The lowest BCUT2D eigenvalue weighted by atomic mass is 9.77. The lowest BCUT2D eigenvalue weighted by Crippen LogP contribution is -2.78. The Hall–Kier alpha value is -4.42. The highest BCUT2D eigenvalue weighted by molar-refractivity contribution is 6.32. The minimum absolute atomic E-state index is 0.104. The molecule has 10 heteroatoms. The zero-order chi connectivity index (χ0) is 25.4. The molecule has 37 heavy (non-hydrogen) atoms. The lowest BCUT2D eigenvalue weighted by Gasteiger charge is -2.62. The van der Waals surface area contributed by atoms with E-state index in [2.05, 4.69) is 37.0 Å². The first-order valence-corrected chi connectivity index (χ1v) is 12.2. The zero-order valence-corrected chi connectivity index (χ0v) is 20.7. The van der Waals surface area contributed by atoms with Crippen LogP contribution in [0.2, 0.25) is 5.02 Å². The number of rotatable bonds is 5. The number of carbonyl (C=O) groups is 1. The van der Waals surface area contributed by atoms with Crippen LogP contribution in [0.3, 0.4) is 0 Å². The van der Waals surface area contributed by atoms with Crippen LogP contribution in [-0.2, 0) is 4.79 Å². The number of ether oxygens (including phenoxy) is 1. The Kier molecular flexibility index (Phi) is 5.74. The van der Waals surface area contributed by atoms with Crippen LogP contribution in [0.4, 0.5) is 17.3 Å². The van der Waals surface area contributed by atoms with Crippen molar-refractivity contribution < 1.29 is 9.53 Å². The molecule has 6 rings (SSSR count). The van der Waals surface area contributed by atoms with Crippen molar-refractivity contribution in [2.24, 2.45) is 0 Å². The summed E-state index contributed by atoms with van der Waals surface area (Å²) in [5.41, 5.74) is 1.83. The van der Waals surface area contributed by atoms with Gasteiger partial charge in [-0.15, -0.1) is 0 Å². The second-order valence-corrected chi connectivity index (χ2v) is 9.38. The van der Waals surface area contributed by atoms with E-state index in [-0.39, 0.29) is 11.4 Å². The van der Waals surface area contributed by atoms with Crippen molar-refractivity contribution in [1.29, 1.82) is 0 Å². The second-order valence-electron chi connectivity index (χ2n) is 8.97. The Bertz CT molecular complexity index is 1560. The third-order valence-corrected chi connectivity index (χ3v) is 6.91. The SMILES string of the molecule is CC#CC(=O)N1CCC12CN(c1ccc3ncnc(Nc4cnc(Oc5ccccc5)c(Cl)c4)c3n1)C2. The van der Waals surface area contributed by atoms with Crippen LogP contribution in [0.1, 0.15) is 13.3 Å². The van der Waals surface area contributed by atoms with Crippen LogP contribution in [0.5, 0.6) is 11.6 Å². The third-order valence-electron chi connectivity index (χ3n) is 6.64. The number of fused-ring (bicyclic) bond motifs is 1. The number of pyridine rings is 2. The summed E-state index contributed by atoms with van der Waals surface area (Å²) in [6.07, 6.45) is 4.09. The first-order valence-electron chi connectivity index (χ1n) is 11.8. The maximum Gasteiger partial charge on any atom is 0.299 e. The van der Waals surface area contributed by atoms with E-state index in [0.29, 0.717) is 39.2 Å². The van der Waals surface area contributed by atoms with Crippen molar-refractivity contribution in [3.63, 3.8) is 0 Å². The Morgan fingerprint density at radius 2 is 1.97 bits per heavy atom. The van der Waals surface area contributed by atoms with Gasteiger partial charge in [0.05, 0.1) is 22.9 Å². The Morgan fingerprint density at radius 1 is 1.14 bits per heavy atom. The average molecular weight is 512 g/mol. The Morgan fingerprint density at radius 3 is 2.70 bits per heavy atom. The topological polar surface area (TPSA) is 96.4 Å². The van der Waals surface area contributed by atoms with Crippen LogP contribution in [0.15, 0.2) is 61.1 Å². The predicted molar refractivity (Wildman–Crippen MR) is 141 cm³/mol. The van der Waals surface area contributed by atoms with Crippen molar-refractivity contribution in [2.75, 3.05) is 29.9 Å². The van der Waals surface area contributed by atoms with Crippen LogP contribution in [0, 0.1) is 11.8 Å². The molecule has 0 atom stereocenters. The summed E-state index contributed by atoms with van der Waals surface area (Å²) in [4.78, 5) is 34.3. The fourth-order valence-corrected chi connectivity index (χ4v) is 4.89. The molecular weight excluding hydrogens is 490 g/mol. The minimum Gasteiger partial charge on any atom is -0.438 e. The summed E-state index contributed by atoms with van der Waals surface area (Å²) in [5, 5.41) is 3.61. The summed E-state index contributed by atoms with van der Waals surface area (Å²) in [6.45, 7) is 3.88. The van der Waals surface area contributed by atoms with Gasteiger partial charge in [0.1, 0.15) is 28.4 Å². The maximum atomic E-state index is 12.3. The number of aromatic nitrogens is 4. The molecule has 2 aliphatic rings. The summed E-state index contributed by atoms with van der Waals surface area (Å²) >= 11 is 6.44. The first kappa shape index (κ1) is 23.0. The van der Waals surface area contributed by atoms with Gasteiger partial charge in [0.15, 0.2) is 5.82 Å². The highest BCUT2D eigenvalue weighted by Crippen LogP contribution is 2.41. The molecule has 4 aromatic rings. The number of amides is 1.